The Morgan fingerprint density at radius 3 is 2.03 bits per heavy atom. The lowest BCUT2D eigenvalue weighted by Crippen LogP contribution is -2.09. The summed E-state index contributed by atoms with van der Waals surface area (Å²) >= 11 is 0. The van der Waals surface area contributed by atoms with E-state index in [1.54, 1.807) is 12.1 Å². The molecule has 0 aromatic heterocycles. The number of esters is 1. The third-order valence-corrected chi connectivity index (χ3v) is 6.12. The third kappa shape index (κ3) is 11.7. The molecule has 0 aliphatic heterocycles. The number of carbonyl (C=O) groups is 1. The molecule has 0 N–H and O–H groups in total. The van der Waals surface area contributed by atoms with Crippen LogP contribution in [-0.2, 0) is 11.2 Å². The molecule has 0 aliphatic carbocycles. The highest BCUT2D eigenvalue weighted by atomic mass is 16.5. The van der Waals surface area contributed by atoms with Crippen molar-refractivity contribution in [3.05, 3.63) is 59.7 Å². The van der Waals surface area contributed by atoms with Crippen LogP contribution in [0.25, 0.3) is 0 Å². The Morgan fingerprint density at radius 2 is 1.38 bits per heavy atom. The van der Waals surface area contributed by atoms with E-state index in [-0.39, 0.29) is 5.97 Å². The van der Waals surface area contributed by atoms with Crippen molar-refractivity contribution in [1.82, 2.24) is 0 Å². The predicted molar refractivity (Wildman–Crippen MR) is 140 cm³/mol. The predicted octanol–water partition coefficient (Wildman–Crippen LogP) is 8.03. The van der Waals surface area contributed by atoms with Gasteiger partial charge < -0.3 is 14.2 Å². The highest BCUT2D eigenvalue weighted by Gasteiger charge is 2.09. The van der Waals surface area contributed by atoms with Gasteiger partial charge in [0.05, 0.1) is 18.8 Å². The van der Waals surface area contributed by atoms with Gasteiger partial charge in [0.25, 0.3) is 0 Å². The van der Waals surface area contributed by atoms with Gasteiger partial charge >= 0.3 is 5.97 Å². The van der Waals surface area contributed by atoms with E-state index in [1.165, 1.54) is 50.5 Å². The number of benzene rings is 2. The van der Waals surface area contributed by atoms with Crippen LogP contribution in [0.1, 0.15) is 94.5 Å². The SMILES string of the molecule is CCCCCCCCCCOc1ccc(C(=O)Oc2ccc(CCOC[C@@H](C)CC)cc2)cc1. The molecule has 0 unspecified atom stereocenters. The van der Waals surface area contributed by atoms with E-state index in [2.05, 4.69) is 20.8 Å². The number of unbranched alkanes of at least 4 members (excludes halogenated alkanes) is 7. The molecule has 0 radical (unpaired) electrons. The summed E-state index contributed by atoms with van der Waals surface area (Å²) in [4.78, 5) is 12.5. The molecule has 0 heterocycles. The van der Waals surface area contributed by atoms with Crippen molar-refractivity contribution in [2.75, 3.05) is 19.8 Å². The molecule has 0 spiro atoms. The van der Waals surface area contributed by atoms with Gasteiger partial charge in [0.15, 0.2) is 0 Å². The van der Waals surface area contributed by atoms with Crippen LogP contribution in [0.5, 0.6) is 11.5 Å². The highest BCUT2D eigenvalue weighted by molar-refractivity contribution is 5.91. The molecule has 2 aromatic rings. The molecular weight excluding hydrogens is 424 g/mol. The molecule has 0 fully saturated rings. The Hall–Kier alpha value is -2.33. The van der Waals surface area contributed by atoms with Crippen LogP contribution in [0.4, 0.5) is 0 Å². The summed E-state index contributed by atoms with van der Waals surface area (Å²) in [6.07, 6.45) is 12.2. The van der Waals surface area contributed by atoms with Crippen molar-refractivity contribution in [2.45, 2.75) is 85.0 Å². The van der Waals surface area contributed by atoms with Gasteiger partial charge in [0.2, 0.25) is 0 Å². The van der Waals surface area contributed by atoms with Crippen molar-refractivity contribution in [3.63, 3.8) is 0 Å². The summed E-state index contributed by atoms with van der Waals surface area (Å²) in [6, 6.07) is 14.8. The van der Waals surface area contributed by atoms with Gasteiger partial charge in [-0.15, -0.1) is 0 Å². The van der Waals surface area contributed by atoms with Gasteiger partial charge in [-0.1, -0.05) is 84.3 Å². The van der Waals surface area contributed by atoms with E-state index in [0.29, 0.717) is 30.4 Å². The first-order valence-electron chi connectivity index (χ1n) is 13.2. The van der Waals surface area contributed by atoms with Crippen molar-refractivity contribution in [1.29, 1.82) is 0 Å². The topological polar surface area (TPSA) is 44.8 Å². The van der Waals surface area contributed by atoms with Gasteiger partial charge in [0, 0.05) is 6.61 Å². The zero-order valence-electron chi connectivity index (χ0n) is 21.5. The minimum atomic E-state index is -0.362. The second-order valence-corrected chi connectivity index (χ2v) is 9.22. The molecule has 0 aliphatic rings. The number of hydrogen-bond acceptors (Lipinski definition) is 4. The lowest BCUT2D eigenvalue weighted by molar-refractivity contribution is 0.0734. The molecule has 1 atom stereocenters. The Balaban J connectivity index is 1.64. The summed E-state index contributed by atoms with van der Waals surface area (Å²) in [5, 5.41) is 0. The minimum Gasteiger partial charge on any atom is -0.494 e. The average molecular weight is 469 g/mol. The van der Waals surface area contributed by atoms with E-state index < -0.39 is 0 Å². The second kappa shape index (κ2) is 17.2. The molecule has 2 rings (SSSR count). The number of carbonyl (C=O) groups excluding carboxylic acids is 1. The summed E-state index contributed by atoms with van der Waals surface area (Å²) < 4.78 is 17.0. The van der Waals surface area contributed by atoms with Crippen molar-refractivity contribution >= 4 is 5.97 Å². The van der Waals surface area contributed by atoms with Gasteiger partial charge in [-0.2, -0.15) is 0 Å². The van der Waals surface area contributed by atoms with E-state index in [1.807, 2.05) is 36.4 Å². The van der Waals surface area contributed by atoms with Crippen molar-refractivity contribution in [2.24, 2.45) is 5.92 Å². The monoisotopic (exact) mass is 468 g/mol. The molecule has 34 heavy (non-hydrogen) atoms. The van der Waals surface area contributed by atoms with Crippen LogP contribution in [0, 0.1) is 5.92 Å². The van der Waals surface area contributed by atoms with Gasteiger partial charge in [-0.25, -0.2) is 4.79 Å². The van der Waals surface area contributed by atoms with Gasteiger partial charge in [-0.05, 0) is 60.7 Å². The molecule has 0 bridgehead atoms. The van der Waals surface area contributed by atoms with Crippen LogP contribution in [0.2, 0.25) is 0 Å². The summed E-state index contributed by atoms with van der Waals surface area (Å²) in [6.45, 7) is 8.84. The number of rotatable bonds is 18. The third-order valence-electron chi connectivity index (χ3n) is 6.12. The maximum atomic E-state index is 12.5. The molecule has 4 nitrogen and oxygen atoms in total. The zero-order chi connectivity index (χ0) is 24.4. The van der Waals surface area contributed by atoms with Crippen LogP contribution in [0.15, 0.2) is 48.5 Å². The number of ether oxygens (including phenoxy) is 3. The van der Waals surface area contributed by atoms with Crippen molar-refractivity contribution < 1.29 is 19.0 Å². The number of hydrogen-bond donors (Lipinski definition) is 0. The van der Waals surface area contributed by atoms with Crippen LogP contribution in [0.3, 0.4) is 0 Å². The summed E-state index contributed by atoms with van der Waals surface area (Å²) in [7, 11) is 0. The lowest BCUT2D eigenvalue weighted by atomic mass is 10.1. The Morgan fingerprint density at radius 1 is 0.765 bits per heavy atom. The zero-order valence-corrected chi connectivity index (χ0v) is 21.5. The standard InChI is InChI=1S/C30H44O4/c1-4-6-7-8-9-10-11-12-22-33-28-19-15-27(16-20-28)30(31)34-29-17-13-26(14-18-29)21-23-32-24-25(3)5-2/h13-20,25H,4-12,21-24H2,1-3H3/t25-/m0/s1. The van der Waals surface area contributed by atoms with Gasteiger partial charge in [-0.3, -0.25) is 0 Å². The normalized spacial score (nSPS) is 11.9. The Kier molecular flexibility index (Phi) is 14.1. The molecule has 4 heteroatoms. The van der Waals surface area contributed by atoms with Crippen LogP contribution >= 0.6 is 0 Å². The summed E-state index contributed by atoms with van der Waals surface area (Å²) in [5.74, 6) is 1.57. The average Bonchev–Trinajstić information content (AvgIpc) is 2.86. The fourth-order valence-electron chi connectivity index (χ4n) is 3.60. The van der Waals surface area contributed by atoms with Crippen LogP contribution in [-0.4, -0.2) is 25.8 Å². The molecule has 0 amide bonds. The molecule has 188 valence electrons. The second-order valence-electron chi connectivity index (χ2n) is 9.22. The molecule has 2 aromatic carbocycles. The molecule has 0 saturated carbocycles. The largest absolute Gasteiger partial charge is 0.494 e. The van der Waals surface area contributed by atoms with Crippen LogP contribution < -0.4 is 9.47 Å². The quantitative estimate of drug-likeness (QED) is 0.126. The first-order valence-corrected chi connectivity index (χ1v) is 13.2. The molecular formula is C30H44O4. The first kappa shape index (κ1) is 27.9. The lowest BCUT2D eigenvalue weighted by Gasteiger charge is -2.10. The Bertz CT molecular complexity index is 782. The summed E-state index contributed by atoms with van der Waals surface area (Å²) in [5.41, 5.74) is 1.68. The maximum absolute atomic E-state index is 12.5. The van der Waals surface area contributed by atoms with Gasteiger partial charge in [0.1, 0.15) is 11.5 Å². The highest BCUT2D eigenvalue weighted by Crippen LogP contribution is 2.18. The minimum absolute atomic E-state index is 0.362. The van der Waals surface area contributed by atoms with E-state index in [4.69, 9.17) is 14.2 Å². The van der Waals surface area contributed by atoms with E-state index in [0.717, 1.165) is 31.6 Å². The Labute approximate surface area is 207 Å². The molecule has 0 saturated heterocycles. The van der Waals surface area contributed by atoms with Crippen molar-refractivity contribution in [3.8, 4) is 11.5 Å². The van der Waals surface area contributed by atoms with E-state index in [9.17, 15) is 4.79 Å². The maximum Gasteiger partial charge on any atom is 0.343 e. The fourth-order valence-corrected chi connectivity index (χ4v) is 3.60. The fraction of sp³-hybridized carbons (Fsp3) is 0.567. The van der Waals surface area contributed by atoms with E-state index >= 15 is 0 Å². The smallest absolute Gasteiger partial charge is 0.343 e. The first-order chi connectivity index (χ1) is 16.6.